The molecule has 22 heteroatoms. The van der Waals surface area contributed by atoms with Crippen molar-refractivity contribution in [2.75, 3.05) is 13.2 Å². The Morgan fingerprint density at radius 1 is 1.10 bits per heavy atom. The molecular weight excluding hydrogens is 592 g/mol. The highest BCUT2D eigenvalue weighted by atomic mass is 31.2. The summed E-state index contributed by atoms with van der Waals surface area (Å²) in [5, 5.41) is 52.2. The predicted molar refractivity (Wildman–Crippen MR) is 119 cm³/mol. The first-order valence-corrected chi connectivity index (χ1v) is 14.4. The molecule has 0 aromatic carbocycles. The number of nitrogens with zero attached hydrogens (tertiary/aromatic N) is 1. The van der Waals surface area contributed by atoms with E-state index in [0.29, 0.717) is 4.57 Å². The summed E-state index contributed by atoms with van der Waals surface area (Å²) in [5.74, 6) is -3.92. The van der Waals surface area contributed by atoms with E-state index in [1.165, 1.54) is 0 Å². The van der Waals surface area contributed by atoms with Crippen LogP contribution in [0, 0.1) is 0 Å². The van der Waals surface area contributed by atoms with Gasteiger partial charge in [0, 0.05) is 19.2 Å². The zero-order valence-electron chi connectivity index (χ0n) is 20.3. The van der Waals surface area contributed by atoms with Gasteiger partial charge in [-0.3, -0.25) is 23.7 Å². The van der Waals surface area contributed by atoms with Gasteiger partial charge in [-0.2, -0.15) is 0 Å². The van der Waals surface area contributed by atoms with E-state index < -0.39 is 107 Å². The molecule has 3 heterocycles. The number of aliphatic hydroxyl groups is 5. The first-order chi connectivity index (χ1) is 18.5. The van der Waals surface area contributed by atoms with Crippen LogP contribution in [0.5, 0.6) is 0 Å². The van der Waals surface area contributed by atoms with Crippen LogP contribution in [0.3, 0.4) is 0 Å². The van der Waals surface area contributed by atoms with Crippen molar-refractivity contribution in [1.82, 2.24) is 14.9 Å². The molecule has 1 amide bonds. The number of phosphoric acid groups is 1. The van der Waals surface area contributed by atoms with Crippen molar-refractivity contribution in [3.63, 3.8) is 0 Å². The van der Waals surface area contributed by atoms with Crippen LogP contribution in [0.2, 0.25) is 0 Å². The van der Waals surface area contributed by atoms with Crippen LogP contribution in [-0.4, -0.2) is 109 Å². The molecule has 0 aliphatic carbocycles. The maximum Gasteiger partial charge on any atom is 0.330 e. The summed E-state index contributed by atoms with van der Waals surface area (Å²) >= 11 is 0. The minimum Gasteiger partial charge on any atom is -0.809 e. The Morgan fingerprint density at radius 2 is 1.73 bits per heavy atom. The van der Waals surface area contributed by atoms with Gasteiger partial charge in [-0.25, -0.2) is 4.79 Å². The molecule has 0 radical (unpaired) electrons. The number of nitrogens with one attached hydrogen (secondary N) is 2. The zero-order valence-corrected chi connectivity index (χ0v) is 22.1. The van der Waals surface area contributed by atoms with Crippen LogP contribution < -0.4 is 31.2 Å². The molecule has 2 fully saturated rings. The monoisotopic (exact) mass is 618 g/mol. The van der Waals surface area contributed by atoms with E-state index in [-0.39, 0.29) is 0 Å². The van der Waals surface area contributed by atoms with Gasteiger partial charge in [0.1, 0.15) is 48.6 Å². The molecule has 11 atom stereocenters. The lowest BCUT2D eigenvalue weighted by Crippen LogP contribution is -2.67. The summed E-state index contributed by atoms with van der Waals surface area (Å²) < 4.78 is 44.6. The van der Waals surface area contributed by atoms with Crippen LogP contribution >= 0.6 is 15.4 Å². The largest absolute Gasteiger partial charge is 0.809 e. The molecule has 2 unspecified atom stereocenters. The Hall–Kier alpha value is -1.87. The average molecular weight is 618 g/mol. The molecule has 1 aromatic heterocycles. The SMILES string of the molecule is CC(=O)N[C@@H]1[C@@H](O)[C@H](O)[C@@H](CO)O[C@@H]1C(OP(=O)([O-])OC[C@H]1O[C@@H](n2ccc(=O)[nH]c2=O)[C@H](O)[C@@H]1O)P(=O)([O-])[O-]. The van der Waals surface area contributed by atoms with E-state index in [1.54, 1.807) is 0 Å². The third-order valence-corrected chi connectivity index (χ3v) is 8.16. The normalized spacial score (nSPS) is 35.2. The number of aromatic nitrogens is 2. The van der Waals surface area contributed by atoms with Crippen LogP contribution in [-0.2, 0) is 32.4 Å². The Labute approximate surface area is 223 Å². The Bertz CT molecular complexity index is 1270. The fourth-order valence-electron chi connectivity index (χ4n) is 4.14. The number of carbonyl (C=O) groups is 1. The van der Waals surface area contributed by atoms with Crippen LogP contribution in [0.4, 0.5) is 0 Å². The summed E-state index contributed by atoms with van der Waals surface area (Å²) in [4.78, 5) is 73.2. The first-order valence-electron chi connectivity index (χ1n) is 11.3. The first kappa shape index (κ1) is 32.6. The molecule has 2 aliphatic rings. The topological polar surface area (TPSA) is 325 Å². The zero-order chi connectivity index (χ0) is 30.2. The second-order valence-corrected chi connectivity index (χ2v) is 11.8. The number of H-pyrrole nitrogens is 1. The molecule has 1 aromatic rings. The van der Waals surface area contributed by atoms with E-state index >= 15 is 0 Å². The van der Waals surface area contributed by atoms with Crippen LogP contribution in [0.15, 0.2) is 21.9 Å². The average Bonchev–Trinajstić information content (AvgIpc) is 3.12. The maximum absolute atomic E-state index is 12.5. The highest BCUT2D eigenvalue weighted by molar-refractivity contribution is 7.51. The lowest BCUT2D eigenvalue weighted by atomic mass is 9.93. The molecule has 7 N–H and O–H groups in total. The van der Waals surface area contributed by atoms with Gasteiger partial charge in [-0.1, -0.05) is 0 Å². The van der Waals surface area contributed by atoms with Crippen molar-refractivity contribution in [1.29, 1.82) is 0 Å². The minimum atomic E-state index is -6.15. The fraction of sp³-hybridized carbons (Fsp3) is 0.722. The second-order valence-electron chi connectivity index (χ2n) is 8.87. The number of carbonyl (C=O) groups excluding carboxylic acids is 1. The number of amides is 1. The maximum atomic E-state index is 12.5. The van der Waals surface area contributed by atoms with E-state index in [9.17, 15) is 63.7 Å². The van der Waals surface area contributed by atoms with E-state index in [4.69, 9.17) is 9.47 Å². The van der Waals surface area contributed by atoms with Crippen LogP contribution in [0.25, 0.3) is 0 Å². The van der Waals surface area contributed by atoms with Gasteiger partial charge >= 0.3 is 5.69 Å². The highest BCUT2D eigenvalue weighted by Gasteiger charge is 2.50. The van der Waals surface area contributed by atoms with Crippen molar-refractivity contribution < 1.29 is 72.7 Å². The molecule has 0 bridgehead atoms. The number of phosphoric ester groups is 1. The van der Waals surface area contributed by atoms with Gasteiger partial charge in [0.25, 0.3) is 13.4 Å². The molecule has 40 heavy (non-hydrogen) atoms. The van der Waals surface area contributed by atoms with Crippen molar-refractivity contribution in [2.45, 2.75) is 67.8 Å². The van der Waals surface area contributed by atoms with Gasteiger partial charge in [0.2, 0.25) is 5.91 Å². The van der Waals surface area contributed by atoms with Gasteiger partial charge in [0.15, 0.2) is 6.23 Å². The molecule has 2 saturated heterocycles. The van der Waals surface area contributed by atoms with Gasteiger partial charge in [-0.15, -0.1) is 0 Å². The number of aromatic amines is 1. The molecule has 0 spiro atoms. The molecule has 2 aliphatic heterocycles. The standard InChI is InChI=1S/C18H29N3O17P2/c1-6(23)19-10-13(27)11(25)7(4-22)36-15(10)17(39(30,31)32)38-40(33,34)35-5-8-12(26)14(28)16(37-8)21-3-2-9(24)20-18(21)29/h2-3,7-8,10-17,22,25-28H,4-5H2,1H3,(H,19,23)(H,33,34)(H,20,24,29)(H2,30,31,32)/p-3/t7-,8-,10-,11-,12-,13-,14-,15+,16-,17?/m1/s1. The fourth-order valence-corrected chi connectivity index (χ4v) is 6.34. The Kier molecular flexibility index (Phi) is 10.2. The highest BCUT2D eigenvalue weighted by Crippen LogP contribution is 2.50. The van der Waals surface area contributed by atoms with E-state index in [1.807, 2.05) is 10.3 Å². The van der Waals surface area contributed by atoms with Gasteiger partial charge in [-0.05, 0) is 7.60 Å². The number of ether oxygens (including phenoxy) is 2. The number of aliphatic hydroxyl groups excluding tert-OH is 5. The van der Waals surface area contributed by atoms with Crippen LogP contribution in [0.1, 0.15) is 13.2 Å². The smallest absolute Gasteiger partial charge is 0.330 e. The Morgan fingerprint density at radius 3 is 2.27 bits per heavy atom. The minimum absolute atomic E-state index is 0.684. The van der Waals surface area contributed by atoms with Gasteiger partial charge < -0.3 is 68.6 Å². The molecular formula is C18H26N3O17P2-3. The molecule has 20 nitrogen and oxygen atoms in total. The van der Waals surface area contributed by atoms with Crippen molar-refractivity contribution >= 4 is 21.3 Å². The summed E-state index contributed by atoms with van der Waals surface area (Å²) in [5.41, 5.74) is -1.82. The summed E-state index contributed by atoms with van der Waals surface area (Å²) in [6.45, 7) is -1.26. The van der Waals surface area contributed by atoms with Gasteiger partial charge in [0.05, 0.1) is 19.3 Å². The molecule has 228 valence electrons. The second kappa shape index (κ2) is 12.6. The molecule has 0 saturated carbocycles. The van der Waals surface area contributed by atoms with E-state index in [0.717, 1.165) is 19.2 Å². The number of hydrogen-bond donors (Lipinski definition) is 7. The van der Waals surface area contributed by atoms with E-state index in [2.05, 4.69) is 9.05 Å². The van der Waals surface area contributed by atoms with Crippen molar-refractivity contribution in [3.05, 3.63) is 33.1 Å². The lowest BCUT2D eigenvalue weighted by molar-refractivity contribution is -0.331. The molecule has 3 rings (SSSR count). The predicted octanol–water partition coefficient (Wildman–Crippen LogP) is -7.12. The third-order valence-electron chi connectivity index (χ3n) is 6.02. The number of hydrogen-bond acceptors (Lipinski definition) is 17. The lowest BCUT2D eigenvalue weighted by Gasteiger charge is -2.50. The van der Waals surface area contributed by atoms with Crippen molar-refractivity contribution in [2.24, 2.45) is 0 Å². The summed E-state index contributed by atoms with van der Waals surface area (Å²) in [6.07, 6.45) is -14.0. The quantitative estimate of drug-likeness (QED) is 0.120. The summed E-state index contributed by atoms with van der Waals surface area (Å²) in [7, 11) is -12.0. The Balaban J connectivity index is 1.79. The van der Waals surface area contributed by atoms with Crippen molar-refractivity contribution in [3.8, 4) is 0 Å². The number of rotatable bonds is 10. The summed E-state index contributed by atoms with van der Waals surface area (Å²) in [6, 6.07) is -1.01. The third kappa shape index (κ3) is 7.30.